The van der Waals surface area contributed by atoms with Gasteiger partial charge in [0, 0.05) is 6.61 Å². The third-order valence-electron chi connectivity index (χ3n) is 3.76. The van der Waals surface area contributed by atoms with Crippen LogP contribution in [-0.4, -0.2) is 27.1 Å². The summed E-state index contributed by atoms with van der Waals surface area (Å²) in [5, 5.41) is 0.326. The lowest BCUT2D eigenvalue weighted by Gasteiger charge is -2.36. The van der Waals surface area contributed by atoms with Gasteiger partial charge in [-0.3, -0.25) is 0 Å². The van der Waals surface area contributed by atoms with E-state index < -0.39 is 8.32 Å². The Kier molecular flexibility index (Phi) is 3.69. The van der Waals surface area contributed by atoms with Gasteiger partial charge in [-0.2, -0.15) is 0 Å². The first-order chi connectivity index (χ1) is 6.66. The van der Waals surface area contributed by atoms with E-state index in [1.54, 1.807) is 0 Å². The summed E-state index contributed by atoms with van der Waals surface area (Å²) in [4.78, 5) is 0. The van der Waals surface area contributed by atoms with Crippen molar-refractivity contribution < 1.29 is 9.16 Å². The molecule has 0 aromatic heterocycles. The summed E-state index contributed by atoms with van der Waals surface area (Å²) in [6.45, 7) is 15.5. The molecule has 0 saturated carbocycles. The third kappa shape index (κ3) is 3.89. The van der Waals surface area contributed by atoms with Crippen LogP contribution in [0.2, 0.25) is 18.1 Å². The smallest absolute Gasteiger partial charge is 0.191 e. The first-order valence-corrected chi connectivity index (χ1v) is 8.85. The minimum Gasteiger partial charge on any atom is -0.417 e. The quantitative estimate of drug-likeness (QED) is 0.409. The fourth-order valence-electron chi connectivity index (χ4n) is 1.26. The Balaban J connectivity index is 2.18. The van der Waals surface area contributed by atoms with E-state index in [4.69, 9.17) is 9.16 Å². The number of hydrogen-bond donors (Lipinski definition) is 0. The van der Waals surface area contributed by atoms with Gasteiger partial charge in [-0.25, -0.2) is 0 Å². The molecule has 1 fully saturated rings. The van der Waals surface area contributed by atoms with Crippen LogP contribution in [0.25, 0.3) is 0 Å². The average Bonchev–Trinajstić information content (AvgIpc) is 2.76. The second-order valence-electron chi connectivity index (χ2n) is 6.45. The van der Waals surface area contributed by atoms with Gasteiger partial charge in [-0.1, -0.05) is 20.8 Å². The molecule has 1 heterocycles. The lowest BCUT2D eigenvalue weighted by Crippen LogP contribution is -2.41. The molecule has 1 rings (SSSR count). The van der Waals surface area contributed by atoms with E-state index in [-0.39, 0.29) is 5.60 Å². The molecule has 1 unspecified atom stereocenters. The van der Waals surface area contributed by atoms with Gasteiger partial charge in [-0.15, -0.1) is 0 Å². The van der Waals surface area contributed by atoms with Crippen molar-refractivity contribution in [2.75, 3.05) is 13.2 Å². The highest BCUT2D eigenvalue weighted by Crippen LogP contribution is 2.37. The maximum atomic E-state index is 6.10. The molecule has 1 saturated heterocycles. The van der Waals surface area contributed by atoms with E-state index >= 15 is 0 Å². The maximum Gasteiger partial charge on any atom is 0.191 e. The second-order valence-corrected chi connectivity index (χ2v) is 11.3. The molecule has 0 aromatic rings. The van der Waals surface area contributed by atoms with Crippen LogP contribution in [0.1, 0.15) is 40.5 Å². The summed E-state index contributed by atoms with van der Waals surface area (Å²) in [6.07, 6.45) is 2.27. The van der Waals surface area contributed by atoms with E-state index in [1.807, 2.05) is 0 Å². The SMILES string of the molecule is CC1(CCCO[Si](C)(C)C(C)(C)C)CO1. The van der Waals surface area contributed by atoms with Gasteiger partial charge in [0.05, 0.1) is 12.2 Å². The first-order valence-electron chi connectivity index (χ1n) is 5.94. The second kappa shape index (κ2) is 4.19. The first kappa shape index (κ1) is 13.2. The molecular weight excluding hydrogens is 204 g/mol. The van der Waals surface area contributed by atoms with Crippen LogP contribution in [-0.2, 0) is 9.16 Å². The van der Waals surface area contributed by atoms with Gasteiger partial charge in [0.2, 0.25) is 0 Å². The monoisotopic (exact) mass is 230 g/mol. The molecule has 1 aliphatic heterocycles. The molecular formula is C12H26O2Si. The Labute approximate surface area is 95.5 Å². The van der Waals surface area contributed by atoms with E-state index in [2.05, 4.69) is 40.8 Å². The van der Waals surface area contributed by atoms with Crippen LogP contribution in [0, 0.1) is 0 Å². The zero-order chi connectivity index (χ0) is 11.7. The lowest BCUT2D eigenvalue weighted by molar-refractivity contribution is 0.246. The molecule has 90 valence electrons. The molecule has 0 N–H and O–H groups in total. The summed E-state index contributed by atoms with van der Waals surface area (Å²) >= 11 is 0. The normalized spacial score (nSPS) is 26.8. The Hall–Kier alpha value is 0.137. The summed E-state index contributed by atoms with van der Waals surface area (Å²) in [7, 11) is -1.52. The van der Waals surface area contributed by atoms with Crippen LogP contribution in [0.5, 0.6) is 0 Å². The predicted molar refractivity (Wildman–Crippen MR) is 66.7 cm³/mol. The minimum atomic E-state index is -1.52. The zero-order valence-electron chi connectivity index (χ0n) is 11.1. The standard InChI is InChI=1S/C12H26O2Si/c1-11(2,3)15(5,6)14-9-7-8-12(4)10-13-12/h7-10H2,1-6H3. The van der Waals surface area contributed by atoms with Gasteiger partial charge in [0.15, 0.2) is 8.32 Å². The molecule has 2 nitrogen and oxygen atoms in total. The van der Waals surface area contributed by atoms with Crippen molar-refractivity contribution in [1.82, 2.24) is 0 Å². The van der Waals surface area contributed by atoms with Gasteiger partial charge >= 0.3 is 0 Å². The fraction of sp³-hybridized carbons (Fsp3) is 1.00. The largest absolute Gasteiger partial charge is 0.417 e. The number of hydrogen-bond acceptors (Lipinski definition) is 2. The zero-order valence-corrected chi connectivity index (χ0v) is 12.1. The van der Waals surface area contributed by atoms with Crippen molar-refractivity contribution in [3.8, 4) is 0 Å². The summed E-state index contributed by atoms with van der Waals surface area (Å²) < 4.78 is 11.5. The van der Waals surface area contributed by atoms with Crippen molar-refractivity contribution in [1.29, 1.82) is 0 Å². The molecule has 1 aliphatic rings. The molecule has 0 aliphatic carbocycles. The van der Waals surface area contributed by atoms with Crippen LogP contribution in [0.15, 0.2) is 0 Å². The fourth-order valence-corrected chi connectivity index (χ4v) is 2.35. The summed E-state index contributed by atoms with van der Waals surface area (Å²) in [5.74, 6) is 0. The molecule has 0 aromatic carbocycles. The lowest BCUT2D eigenvalue weighted by atomic mass is 10.1. The van der Waals surface area contributed by atoms with Crippen molar-refractivity contribution in [3.05, 3.63) is 0 Å². The molecule has 0 radical (unpaired) electrons. The Morgan fingerprint density at radius 3 is 2.27 bits per heavy atom. The summed E-state index contributed by atoms with van der Waals surface area (Å²) in [6, 6.07) is 0. The number of epoxide rings is 1. The number of rotatable bonds is 5. The maximum absolute atomic E-state index is 6.10. The molecule has 0 amide bonds. The van der Waals surface area contributed by atoms with Crippen LogP contribution in [0.3, 0.4) is 0 Å². The molecule has 3 heteroatoms. The van der Waals surface area contributed by atoms with E-state index in [0.717, 1.165) is 26.1 Å². The highest BCUT2D eigenvalue weighted by Gasteiger charge is 2.39. The molecule has 0 spiro atoms. The van der Waals surface area contributed by atoms with E-state index in [1.165, 1.54) is 0 Å². The third-order valence-corrected chi connectivity index (χ3v) is 8.29. The summed E-state index contributed by atoms with van der Waals surface area (Å²) in [5.41, 5.74) is 0.191. The highest BCUT2D eigenvalue weighted by molar-refractivity contribution is 6.74. The van der Waals surface area contributed by atoms with E-state index in [9.17, 15) is 0 Å². The van der Waals surface area contributed by atoms with Crippen molar-refractivity contribution >= 4 is 8.32 Å². The molecule has 15 heavy (non-hydrogen) atoms. The highest BCUT2D eigenvalue weighted by atomic mass is 28.4. The van der Waals surface area contributed by atoms with Crippen LogP contribution in [0.4, 0.5) is 0 Å². The van der Waals surface area contributed by atoms with Gasteiger partial charge in [0.1, 0.15) is 0 Å². The Morgan fingerprint density at radius 1 is 1.33 bits per heavy atom. The minimum absolute atomic E-state index is 0.191. The van der Waals surface area contributed by atoms with Crippen LogP contribution >= 0.6 is 0 Å². The van der Waals surface area contributed by atoms with Crippen LogP contribution < -0.4 is 0 Å². The van der Waals surface area contributed by atoms with Crippen molar-refractivity contribution in [2.45, 2.75) is 64.3 Å². The van der Waals surface area contributed by atoms with Gasteiger partial charge < -0.3 is 9.16 Å². The molecule has 1 atom stereocenters. The number of ether oxygens (including phenoxy) is 1. The Bertz CT molecular complexity index is 214. The topological polar surface area (TPSA) is 21.8 Å². The predicted octanol–water partition coefficient (Wildman–Crippen LogP) is 3.58. The van der Waals surface area contributed by atoms with Crippen molar-refractivity contribution in [2.24, 2.45) is 0 Å². The Morgan fingerprint density at radius 2 is 1.87 bits per heavy atom. The molecule has 0 bridgehead atoms. The van der Waals surface area contributed by atoms with Crippen molar-refractivity contribution in [3.63, 3.8) is 0 Å². The average molecular weight is 230 g/mol. The van der Waals surface area contributed by atoms with E-state index in [0.29, 0.717) is 5.04 Å². The van der Waals surface area contributed by atoms with Gasteiger partial charge in [0.25, 0.3) is 0 Å². The van der Waals surface area contributed by atoms with Gasteiger partial charge in [-0.05, 0) is 37.9 Å².